The average molecular weight is 291 g/mol. The van der Waals surface area contributed by atoms with Gasteiger partial charge < -0.3 is 14.8 Å². The Labute approximate surface area is 129 Å². The van der Waals surface area contributed by atoms with Gasteiger partial charge >= 0.3 is 0 Å². The van der Waals surface area contributed by atoms with E-state index in [9.17, 15) is 0 Å². The van der Waals surface area contributed by atoms with Crippen LogP contribution < -0.4 is 5.32 Å². The van der Waals surface area contributed by atoms with Crippen molar-refractivity contribution in [2.24, 2.45) is 5.92 Å². The van der Waals surface area contributed by atoms with Crippen molar-refractivity contribution in [1.82, 2.24) is 5.32 Å². The van der Waals surface area contributed by atoms with Crippen molar-refractivity contribution in [3.63, 3.8) is 0 Å². The van der Waals surface area contributed by atoms with Crippen LogP contribution in [0.3, 0.4) is 0 Å². The zero-order valence-electron chi connectivity index (χ0n) is 13.6. The Morgan fingerprint density at radius 2 is 1.95 bits per heavy atom. The minimum absolute atomic E-state index is 0.276. The number of hydrogen-bond acceptors (Lipinski definition) is 3. The van der Waals surface area contributed by atoms with Crippen LogP contribution in [0.2, 0.25) is 0 Å². The predicted molar refractivity (Wildman–Crippen MR) is 86.7 cm³/mol. The van der Waals surface area contributed by atoms with Crippen molar-refractivity contribution >= 4 is 0 Å². The smallest absolute Gasteiger partial charge is 0.0661 e. The van der Waals surface area contributed by atoms with E-state index in [-0.39, 0.29) is 6.04 Å². The molecule has 21 heavy (non-hydrogen) atoms. The first-order chi connectivity index (χ1) is 10.2. The molecule has 0 bridgehead atoms. The lowest BCUT2D eigenvalue weighted by molar-refractivity contribution is 0.0747. The number of ether oxygens (including phenoxy) is 2. The van der Waals surface area contributed by atoms with Crippen LogP contribution in [0.15, 0.2) is 24.3 Å². The van der Waals surface area contributed by atoms with Gasteiger partial charge in [0, 0.05) is 12.5 Å². The lowest BCUT2D eigenvalue weighted by Crippen LogP contribution is -2.26. The minimum Gasteiger partial charge on any atom is -0.381 e. The van der Waals surface area contributed by atoms with Gasteiger partial charge in [0.1, 0.15) is 0 Å². The summed E-state index contributed by atoms with van der Waals surface area (Å²) in [5.41, 5.74) is 2.70. The second-order valence-electron chi connectivity index (χ2n) is 6.20. The van der Waals surface area contributed by atoms with Crippen molar-refractivity contribution < 1.29 is 9.47 Å². The molecule has 1 fully saturated rings. The maximum Gasteiger partial charge on any atom is 0.0661 e. The van der Waals surface area contributed by atoms with Crippen LogP contribution in [0.1, 0.15) is 50.3 Å². The van der Waals surface area contributed by atoms with Crippen molar-refractivity contribution in [3.8, 4) is 0 Å². The van der Waals surface area contributed by atoms with Crippen LogP contribution in [0.5, 0.6) is 0 Å². The first kappa shape index (κ1) is 16.5. The van der Waals surface area contributed by atoms with Crippen LogP contribution in [0, 0.1) is 5.92 Å². The summed E-state index contributed by atoms with van der Waals surface area (Å²) in [5, 5.41) is 3.52. The van der Waals surface area contributed by atoms with Gasteiger partial charge in [0.05, 0.1) is 25.9 Å². The molecule has 0 aromatic heterocycles. The molecule has 0 amide bonds. The molecule has 2 rings (SSSR count). The molecule has 1 N–H and O–H groups in total. The highest BCUT2D eigenvalue weighted by molar-refractivity contribution is 5.27. The molecule has 1 saturated heterocycles. The van der Waals surface area contributed by atoms with E-state index in [0.717, 1.165) is 39.4 Å². The molecular weight excluding hydrogens is 262 g/mol. The summed E-state index contributed by atoms with van der Waals surface area (Å²) in [5.74, 6) is 1.16. The molecule has 0 saturated carbocycles. The van der Waals surface area contributed by atoms with Crippen LogP contribution in [0.25, 0.3) is 0 Å². The van der Waals surface area contributed by atoms with Crippen molar-refractivity contribution in [2.75, 3.05) is 33.0 Å². The third-order valence-corrected chi connectivity index (χ3v) is 4.12. The molecule has 1 aliphatic heterocycles. The van der Waals surface area contributed by atoms with Crippen LogP contribution in [-0.2, 0) is 9.47 Å². The van der Waals surface area contributed by atoms with Crippen LogP contribution >= 0.6 is 0 Å². The summed E-state index contributed by atoms with van der Waals surface area (Å²) >= 11 is 0. The van der Waals surface area contributed by atoms with Gasteiger partial charge in [-0.05, 0) is 30.0 Å². The Balaban J connectivity index is 1.87. The van der Waals surface area contributed by atoms with E-state index < -0.39 is 0 Å². The SMILES string of the molecule is CCNC(COCC1CCOC1)c1ccc(C(C)C)cc1. The number of hydrogen-bond donors (Lipinski definition) is 1. The standard InChI is InChI=1S/C18H29NO2/c1-4-19-18(13-21-12-15-9-10-20-11-15)17-7-5-16(6-8-17)14(2)3/h5-8,14-15,18-19H,4,9-13H2,1-3H3. The lowest BCUT2D eigenvalue weighted by Gasteiger charge is -2.20. The van der Waals surface area contributed by atoms with Gasteiger partial charge in [0.2, 0.25) is 0 Å². The monoisotopic (exact) mass is 291 g/mol. The molecule has 0 aliphatic carbocycles. The molecular formula is C18H29NO2. The first-order valence-corrected chi connectivity index (χ1v) is 8.19. The van der Waals surface area contributed by atoms with Crippen molar-refractivity contribution in [2.45, 2.75) is 39.2 Å². The second-order valence-corrected chi connectivity index (χ2v) is 6.20. The maximum atomic E-state index is 5.92. The first-order valence-electron chi connectivity index (χ1n) is 8.19. The highest BCUT2D eigenvalue weighted by atomic mass is 16.5. The van der Waals surface area contributed by atoms with E-state index in [1.165, 1.54) is 11.1 Å². The molecule has 2 atom stereocenters. The van der Waals surface area contributed by atoms with Gasteiger partial charge in [-0.25, -0.2) is 0 Å². The molecule has 2 unspecified atom stereocenters. The highest BCUT2D eigenvalue weighted by Gasteiger charge is 2.17. The van der Waals surface area contributed by atoms with Gasteiger partial charge in [-0.15, -0.1) is 0 Å². The van der Waals surface area contributed by atoms with Crippen molar-refractivity contribution in [1.29, 1.82) is 0 Å². The quantitative estimate of drug-likeness (QED) is 0.795. The highest BCUT2D eigenvalue weighted by Crippen LogP contribution is 2.20. The van der Waals surface area contributed by atoms with Gasteiger partial charge in [0.15, 0.2) is 0 Å². The van der Waals surface area contributed by atoms with E-state index in [1.54, 1.807) is 0 Å². The Morgan fingerprint density at radius 3 is 2.52 bits per heavy atom. The number of nitrogens with one attached hydrogen (secondary N) is 1. The second kappa shape index (κ2) is 8.52. The molecule has 0 spiro atoms. The molecule has 1 aliphatic rings. The molecule has 1 aromatic rings. The fourth-order valence-electron chi connectivity index (χ4n) is 2.70. The van der Waals surface area contributed by atoms with Crippen molar-refractivity contribution in [3.05, 3.63) is 35.4 Å². The minimum atomic E-state index is 0.276. The topological polar surface area (TPSA) is 30.5 Å². The largest absolute Gasteiger partial charge is 0.381 e. The summed E-state index contributed by atoms with van der Waals surface area (Å²) in [4.78, 5) is 0. The summed E-state index contributed by atoms with van der Waals surface area (Å²) in [7, 11) is 0. The molecule has 0 radical (unpaired) electrons. The fraction of sp³-hybridized carbons (Fsp3) is 0.667. The Morgan fingerprint density at radius 1 is 1.24 bits per heavy atom. The summed E-state index contributed by atoms with van der Waals surface area (Å²) in [6.07, 6.45) is 1.13. The predicted octanol–water partition coefficient (Wildman–Crippen LogP) is 3.51. The Bertz CT molecular complexity index is 396. The fourth-order valence-corrected chi connectivity index (χ4v) is 2.70. The molecule has 1 heterocycles. The van der Waals surface area contributed by atoms with Crippen LogP contribution in [0.4, 0.5) is 0 Å². The third kappa shape index (κ3) is 5.10. The normalized spacial score (nSPS) is 20.1. The van der Waals surface area contributed by atoms with E-state index >= 15 is 0 Å². The number of benzene rings is 1. The van der Waals surface area contributed by atoms with Crippen LogP contribution in [-0.4, -0.2) is 33.0 Å². The van der Waals surface area contributed by atoms with Gasteiger partial charge in [-0.2, -0.15) is 0 Å². The lowest BCUT2D eigenvalue weighted by atomic mass is 9.99. The van der Waals surface area contributed by atoms with Gasteiger partial charge in [-0.3, -0.25) is 0 Å². The Hall–Kier alpha value is -0.900. The molecule has 118 valence electrons. The van der Waals surface area contributed by atoms with Gasteiger partial charge in [-0.1, -0.05) is 45.0 Å². The summed E-state index contributed by atoms with van der Waals surface area (Å²) in [6, 6.07) is 9.19. The third-order valence-electron chi connectivity index (χ3n) is 4.12. The zero-order chi connectivity index (χ0) is 15.1. The summed E-state index contributed by atoms with van der Waals surface area (Å²) < 4.78 is 11.3. The van der Waals surface area contributed by atoms with E-state index in [4.69, 9.17) is 9.47 Å². The number of likely N-dealkylation sites (N-methyl/N-ethyl adjacent to an activating group) is 1. The zero-order valence-corrected chi connectivity index (χ0v) is 13.6. The van der Waals surface area contributed by atoms with E-state index in [1.807, 2.05) is 0 Å². The molecule has 1 aromatic carbocycles. The van der Waals surface area contributed by atoms with E-state index in [0.29, 0.717) is 11.8 Å². The van der Waals surface area contributed by atoms with Gasteiger partial charge in [0.25, 0.3) is 0 Å². The molecule has 3 nitrogen and oxygen atoms in total. The van der Waals surface area contributed by atoms with E-state index in [2.05, 4.69) is 50.4 Å². The average Bonchev–Trinajstić information content (AvgIpc) is 3.00. The Kier molecular flexibility index (Phi) is 6.68. The summed E-state index contributed by atoms with van der Waals surface area (Å²) in [6.45, 7) is 10.8. The maximum absolute atomic E-state index is 5.92. The number of rotatable bonds is 8. The molecule has 3 heteroatoms.